The Kier molecular flexibility index (Phi) is 17.7. The van der Waals surface area contributed by atoms with Crippen molar-refractivity contribution in [1.29, 1.82) is 0 Å². The summed E-state index contributed by atoms with van der Waals surface area (Å²) in [7, 11) is 0. The Morgan fingerprint density at radius 3 is 1.30 bits per heavy atom. The number of aryl methyl sites for hydroxylation is 2. The fraction of sp³-hybridized carbons (Fsp3) is 0.345. The summed E-state index contributed by atoms with van der Waals surface area (Å²) in [6, 6.07) is 22.6. The average molecular weight is 578 g/mol. The van der Waals surface area contributed by atoms with E-state index in [4.69, 9.17) is 0 Å². The van der Waals surface area contributed by atoms with Gasteiger partial charge in [0.1, 0.15) is 0 Å². The Morgan fingerprint density at radius 2 is 1.00 bits per heavy atom. The molecule has 2 radical (unpaired) electrons. The molecule has 0 spiro atoms. The molecule has 0 aliphatic carbocycles. The van der Waals surface area contributed by atoms with Crippen LogP contribution in [-0.2, 0) is 36.2 Å². The molecule has 4 aromatic carbocycles. The molecular weight excluding hydrogens is 539 g/mol. The fourth-order valence-electron chi connectivity index (χ4n) is 4.02. The number of fused-ring (bicyclic) bond motifs is 2. The quantitative estimate of drug-likeness (QED) is 0.168. The zero-order valence-electron chi connectivity index (χ0n) is 21.2. The van der Waals surface area contributed by atoms with Crippen molar-refractivity contribution < 1.29 is 23.3 Å². The maximum atomic E-state index is 3.06. The van der Waals surface area contributed by atoms with Crippen molar-refractivity contribution in [3.05, 3.63) is 90.3 Å². The van der Waals surface area contributed by atoms with Crippen LogP contribution in [0.1, 0.15) is 49.9 Å². The van der Waals surface area contributed by atoms with Crippen molar-refractivity contribution in [3.8, 4) is 0 Å². The van der Waals surface area contributed by atoms with Gasteiger partial charge in [-0.05, 0) is 24.7 Å². The minimum atomic E-state index is 0. The average Bonchev–Trinajstić information content (AvgIpc) is 3.22. The first kappa shape index (κ1) is 34.5. The van der Waals surface area contributed by atoms with Gasteiger partial charge in [0.15, 0.2) is 0 Å². The summed E-state index contributed by atoms with van der Waals surface area (Å²) >= 11 is 1.36. The van der Waals surface area contributed by atoms with E-state index in [1.807, 2.05) is 0 Å². The van der Waals surface area contributed by atoms with E-state index in [1.54, 1.807) is 0 Å². The summed E-state index contributed by atoms with van der Waals surface area (Å²) in [6.07, 6.45) is 2.36. The van der Waals surface area contributed by atoms with E-state index in [9.17, 15) is 0 Å². The maximum absolute atomic E-state index is 3.06. The number of halogens is 2. The van der Waals surface area contributed by atoms with Crippen LogP contribution < -0.4 is 0 Å². The van der Waals surface area contributed by atoms with Crippen LogP contribution in [0.2, 0.25) is 0 Å². The van der Waals surface area contributed by atoms with Gasteiger partial charge >= 0.3 is 30.2 Å². The van der Waals surface area contributed by atoms with Crippen LogP contribution in [0.3, 0.4) is 0 Å². The molecule has 0 unspecified atom stereocenters. The molecule has 0 atom stereocenters. The van der Waals surface area contributed by atoms with Crippen molar-refractivity contribution in [2.45, 2.75) is 54.4 Å². The van der Waals surface area contributed by atoms with Gasteiger partial charge in [0, 0.05) is 0 Å². The van der Waals surface area contributed by atoms with E-state index in [0.717, 1.165) is 11.8 Å². The predicted octanol–water partition coefficient (Wildman–Crippen LogP) is 9.04. The van der Waals surface area contributed by atoms with Crippen LogP contribution in [0.5, 0.6) is 0 Å². The molecule has 0 heterocycles. The minimum absolute atomic E-state index is 0. The SMILES string of the molecule is Cc1cc2cc(CC(C)C)ccc2[cH-]1.Cc1cc2cc(CC(C)C)ccc2[cH-]1.Cl.Cl.[CH3-].[Si]=[Zr]. The van der Waals surface area contributed by atoms with Gasteiger partial charge in [-0.2, -0.15) is 12.1 Å². The normalized spacial score (nSPS) is 9.79. The molecule has 0 saturated heterocycles. The summed E-state index contributed by atoms with van der Waals surface area (Å²) in [5.41, 5.74) is 5.64. The zero-order valence-corrected chi connectivity index (χ0v) is 26.2. The molecule has 0 fully saturated rings. The molecule has 0 N–H and O–H groups in total. The molecule has 33 heavy (non-hydrogen) atoms. The first-order valence-electron chi connectivity index (χ1n) is 10.9. The van der Waals surface area contributed by atoms with Crippen molar-refractivity contribution in [1.82, 2.24) is 0 Å². The van der Waals surface area contributed by atoms with Crippen LogP contribution >= 0.6 is 24.8 Å². The molecular formula is C29H39Cl2SiZr-3. The van der Waals surface area contributed by atoms with Gasteiger partial charge in [0.25, 0.3) is 0 Å². The van der Waals surface area contributed by atoms with E-state index in [1.165, 1.54) is 80.0 Å². The monoisotopic (exact) mass is 575 g/mol. The molecule has 0 aliphatic heterocycles. The van der Waals surface area contributed by atoms with Crippen molar-refractivity contribution >= 4 is 53.2 Å². The Labute approximate surface area is 231 Å². The molecule has 4 rings (SSSR count). The van der Waals surface area contributed by atoms with Gasteiger partial charge in [0.2, 0.25) is 0 Å². The Balaban J connectivity index is 0. The number of benzene rings is 2. The van der Waals surface area contributed by atoms with Crippen LogP contribution in [0.4, 0.5) is 0 Å². The number of rotatable bonds is 4. The van der Waals surface area contributed by atoms with Crippen LogP contribution in [0.25, 0.3) is 21.5 Å². The first-order chi connectivity index (χ1) is 14.3. The summed E-state index contributed by atoms with van der Waals surface area (Å²) in [6.45, 7) is 16.4. The van der Waals surface area contributed by atoms with E-state index in [-0.39, 0.29) is 32.2 Å². The van der Waals surface area contributed by atoms with Gasteiger partial charge in [-0.3, -0.25) is 0 Å². The van der Waals surface area contributed by atoms with Gasteiger partial charge < -0.3 is 7.43 Å². The van der Waals surface area contributed by atoms with Crippen molar-refractivity contribution in [2.24, 2.45) is 11.8 Å². The van der Waals surface area contributed by atoms with Gasteiger partial charge in [-0.25, -0.2) is 0 Å². The Bertz CT molecular complexity index is 990. The van der Waals surface area contributed by atoms with E-state index in [2.05, 4.69) is 109 Å². The molecule has 0 nitrogen and oxygen atoms in total. The number of hydrogen-bond donors (Lipinski definition) is 0. The standard InChI is InChI=1S/2C14H17.CH3.2ClH.Si.Zr/c2*1-10(2)6-12-4-5-13-7-11(3)8-14(13)9-12;;;;;/h2*4-5,7-10H,6H2,1-3H3;1H3;2*1H;;/q3*-1;;;;. The van der Waals surface area contributed by atoms with E-state index >= 15 is 0 Å². The second-order valence-corrected chi connectivity index (χ2v) is 9.19. The summed E-state index contributed by atoms with van der Waals surface area (Å²) in [5, 5.41) is 5.52. The van der Waals surface area contributed by atoms with Crippen molar-refractivity contribution in [2.75, 3.05) is 0 Å². The fourth-order valence-corrected chi connectivity index (χ4v) is 4.02. The third-order valence-electron chi connectivity index (χ3n) is 5.12. The third kappa shape index (κ3) is 11.1. The molecule has 0 aromatic heterocycles. The molecule has 4 heteroatoms. The van der Waals surface area contributed by atoms with Crippen molar-refractivity contribution in [3.63, 3.8) is 0 Å². The van der Waals surface area contributed by atoms with Crippen LogP contribution in [0, 0.1) is 33.1 Å². The molecule has 180 valence electrons. The van der Waals surface area contributed by atoms with E-state index < -0.39 is 0 Å². The second kappa shape index (κ2) is 16.9. The number of hydrogen-bond acceptors (Lipinski definition) is 0. The third-order valence-corrected chi connectivity index (χ3v) is 5.12. The van der Waals surface area contributed by atoms with Crippen LogP contribution in [0.15, 0.2) is 60.7 Å². The van der Waals surface area contributed by atoms with Gasteiger partial charge in [-0.1, -0.05) is 52.7 Å². The van der Waals surface area contributed by atoms with E-state index in [0.29, 0.717) is 0 Å². The zero-order chi connectivity index (χ0) is 22.3. The predicted molar refractivity (Wildman–Crippen MR) is 152 cm³/mol. The van der Waals surface area contributed by atoms with Gasteiger partial charge in [0.05, 0.1) is 0 Å². The molecule has 4 aromatic rings. The summed E-state index contributed by atoms with van der Waals surface area (Å²) in [4.78, 5) is 0. The molecule has 0 bridgehead atoms. The topological polar surface area (TPSA) is 0 Å². The summed E-state index contributed by atoms with van der Waals surface area (Å²) < 4.78 is 0. The Hall–Kier alpha value is -0.660. The Morgan fingerprint density at radius 1 is 0.667 bits per heavy atom. The second-order valence-electron chi connectivity index (χ2n) is 9.19. The first-order valence-corrected chi connectivity index (χ1v) is 15.1. The molecule has 0 amide bonds. The summed E-state index contributed by atoms with van der Waals surface area (Å²) in [5.74, 6) is 1.48. The molecule has 0 saturated carbocycles. The molecule has 0 aliphatic rings. The van der Waals surface area contributed by atoms with Gasteiger partial charge in [-0.15, -0.1) is 106 Å². The van der Waals surface area contributed by atoms with Crippen LogP contribution in [-0.4, -0.2) is 6.88 Å².